The number of ether oxygens (including phenoxy) is 1. The molecule has 1 aromatic heterocycles. The number of benzene rings is 1. The van der Waals surface area contributed by atoms with Gasteiger partial charge in [0.25, 0.3) is 0 Å². The molecule has 2 rings (SSSR count). The maximum absolute atomic E-state index is 5.64. The van der Waals surface area contributed by atoms with Gasteiger partial charge in [0.05, 0.1) is 11.6 Å². The van der Waals surface area contributed by atoms with Crippen LogP contribution in [0.4, 0.5) is 0 Å². The molecule has 0 radical (unpaired) electrons. The summed E-state index contributed by atoms with van der Waals surface area (Å²) in [6, 6.07) is 8.00. The van der Waals surface area contributed by atoms with Crippen LogP contribution in [0.25, 0.3) is 0 Å². The van der Waals surface area contributed by atoms with Crippen LogP contribution in [-0.4, -0.2) is 16.6 Å². The highest BCUT2D eigenvalue weighted by Crippen LogP contribution is 2.14. The lowest BCUT2D eigenvalue weighted by Crippen LogP contribution is -2.10. The summed E-state index contributed by atoms with van der Waals surface area (Å²) in [5.74, 6) is 0.881. The van der Waals surface area contributed by atoms with Gasteiger partial charge in [0.2, 0.25) is 0 Å². The van der Waals surface area contributed by atoms with Gasteiger partial charge in [-0.2, -0.15) is 0 Å². The summed E-state index contributed by atoms with van der Waals surface area (Å²) in [6.07, 6.45) is 0.765. The van der Waals surface area contributed by atoms with Crippen molar-refractivity contribution < 1.29 is 4.74 Å². The van der Waals surface area contributed by atoms with Crippen LogP contribution >= 0.6 is 23.6 Å². The first-order valence-corrected chi connectivity index (χ1v) is 6.87. The molecule has 0 aliphatic heterocycles. The van der Waals surface area contributed by atoms with Crippen LogP contribution < -0.4 is 10.5 Å². The molecule has 1 heterocycles. The molecule has 18 heavy (non-hydrogen) atoms. The van der Waals surface area contributed by atoms with E-state index in [1.807, 2.05) is 29.6 Å². The minimum atomic E-state index is 0.344. The number of hydrogen-bond acceptors (Lipinski definition) is 4. The van der Waals surface area contributed by atoms with Crippen LogP contribution in [0.5, 0.6) is 5.75 Å². The predicted molar refractivity (Wildman–Crippen MR) is 78.4 cm³/mol. The van der Waals surface area contributed by atoms with E-state index in [1.54, 1.807) is 11.3 Å². The standard InChI is InChI=1S/C13H14N2OS2/c1-9-2-4-10(5-3-9)16-7-6-12-15-11(8-18-12)13(14)17/h2-5,8H,6-7H2,1H3,(H2,14,17). The summed E-state index contributed by atoms with van der Waals surface area (Å²) in [4.78, 5) is 4.67. The fourth-order valence-corrected chi connectivity index (χ4v) is 2.39. The largest absolute Gasteiger partial charge is 0.493 e. The van der Waals surface area contributed by atoms with Crippen molar-refractivity contribution in [3.05, 3.63) is 45.9 Å². The Balaban J connectivity index is 1.84. The van der Waals surface area contributed by atoms with Gasteiger partial charge >= 0.3 is 0 Å². The Kier molecular flexibility index (Phi) is 4.28. The van der Waals surface area contributed by atoms with Gasteiger partial charge in [-0.3, -0.25) is 0 Å². The lowest BCUT2D eigenvalue weighted by molar-refractivity contribution is 0.321. The molecule has 0 aliphatic rings. The first kappa shape index (κ1) is 13.0. The molecule has 0 saturated heterocycles. The van der Waals surface area contributed by atoms with Crippen LogP contribution in [0.15, 0.2) is 29.6 Å². The van der Waals surface area contributed by atoms with Crippen LogP contribution in [0, 0.1) is 6.92 Å². The molecular weight excluding hydrogens is 264 g/mol. The van der Waals surface area contributed by atoms with Gasteiger partial charge in [-0.1, -0.05) is 29.9 Å². The van der Waals surface area contributed by atoms with E-state index >= 15 is 0 Å². The van der Waals surface area contributed by atoms with Crippen molar-refractivity contribution in [2.75, 3.05) is 6.61 Å². The Bertz CT molecular complexity index is 534. The Morgan fingerprint density at radius 1 is 1.39 bits per heavy atom. The van der Waals surface area contributed by atoms with E-state index in [9.17, 15) is 0 Å². The molecule has 1 aromatic carbocycles. The molecule has 0 amide bonds. The Morgan fingerprint density at radius 2 is 2.11 bits per heavy atom. The number of aryl methyl sites for hydroxylation is 1. The maximum Gasteiger partial charge on any atom is 0.123 e. The molecule has 0 atom stereocenters. The fourth-order valence-electron chi connectivity index (χ4n) is 1.43. The second kappa shape index (κ2) is 5.93. The second-order valence-corrected chi connectivity index (χ2v) is 5.28. The topological polar surface area (TPSA) is 48.1 Å². The van der Waals surface area contributed by atoms with Crippen molar-refractivity contribution in [3.63, 3.8) is 0 Å². The zero-order chi connectivity index (χ0) is 13.0. The number of rotatable bonds is 5. The molecular formula is C13H14N2OS2. The van der Waals surface area contributed by atoms with Gasteiger partial charge in [0, 0.05) is 11.8 Å². The summed E-state index contributed by atoms with van der Waals surface area (Å²) in [7, 11) is 0. The average Bonchev–Trinajstić information content (AvgIpc) is 2.81. The van der Waals surface area contributed by atoms with E-state index < -0.39 is 0 Å². The molecule has 0 unspecified atom stereocenters. The van der Waals surface area contributed by atoms with E-state index in [0.29, 0.717) is 17.3 Å². The molecule has 0 aliphatic carbocycles. The predicted octanol–water partition coefficient (Wildman–Crippen LogP) is 2.71. The Morgan fingerprint density at radius 3 is 2.72 bits per heavy atom. The fraction of sp³-hybridized carbons (Fsp3) is 0.231. The van der Waals surface area contributed by atoms with Crippen LogP contribution in [-0.2, 0) is 6.42 Å². The number of hydrogen-bond donors (Lipinski definition) is 1. The van der Waals surface area contributed by atoms with E-state index in [-0.39, 0.29) is 0 Å². The smallest absolute Gasteiger partial charge is 0.123 e. The summed E-state index contributed by atoms with van der Waals surface area (Å²) < 4.78 is 5.64. The minimum Gasteiger partial charge on any atom is -0.493 e. The van der Waals surface area contributed by atoms with Crippen LogP contribution in [0.3, 0.4) is 0 Å². The highest BCUT2D eigenvalue weighted by molar-refractivity contribution is 7.80. The van der Waals surface area contributed by atoms with E-state index in [2.05, 4.69) is 11.9 Å². The summed E-state index contributed by atoms with van der Waals surface area (Å²) >= 11 is 6.42. The van der Waals surface area contributed by atoms with Crippen molar-refractivity contribution in [2.45, 2.75) is 13.3 Å². The lowest BCUT2D eigenvalue weighted by Gasteiger charge is -2.04. The van der Waals surface area contributed by atoms with Gasteiger partial charge < -0.3 is 10.5 Å². The monoisotopic (exact) mass is 278 g/mol. The number of nitrogens with zero attached hydrogens (tertiary/aromatic N) is 1. The van der Waals surface area contributed by atoms with Gasteiger partial charge in [-0.05, 0) is 19.1 Å². The maximum atomic E-state index is 5.64. The van der Waals surface area contributed by atoms with Gasteiger partial charge in [-0.25, -0.2) is 4.98 Å². The van der Waals surface area contributed by atoms with Crippen molar-refractivity contribution in [1.29, 1.82) is 0 Å². The minimum absolute atomic E-state index is 0.344. The third-order valence-electron chi connectivity index (χ3n) is 2.41. The van der Waals surface area contributed by atoms with Gasteiger partial charge in [-0.15, -0.1) is 11.3 Å². The molecule has 0 bridgehead atoms. The molecule has 0 fully saturated rings. The zero-order valence-electron chi connectivity index (χ0n) is 10.1. The first-order chi connectivity index (χ1) is 8.65. The van der Waals surface area contributed by atoms with Gasteiger partial charge in [0.1, 0.15) is 16.4 Å². The lowest BCUT2D eigenvalue weighted by atomic mass is 10.2. The van der Waals surface area contributed by atoms with E-state index in [0.717, 1.165) is 17.2 Å². The molecule has 2 aromatic rings. The van der Waals surface area contributed by atoms with Crippen LogP contribution in [0.2, 0.25) is 0 Å². The molecule has 0 spiro atoms. The second-order valence-electron chi connectivity index (χ2n) is 3.90. The Hall–Kier alpha value is -1.46. The summed E-state index contributed by atoms with van der Waals surface area (Å²) in [6.45, 7) is 2.66. The number of aromatic nitrogens is 1. The number of nitrogens with two attached hydrogens (primary N) is 1. The first-order valence-electron chi connectivity index (χ1n) is 5.59. The SMILES string of the molecule is Cc1ccc(OCCc2nc(C(N)=S)cs2)cc1. The third-order valence-corrected chi connectivity index (χ3v) is 3.53. The van der Waals surface area contributed by atoms with E-state index in [1.165, 1.54) is 5.56 Å². The number of thiazole rings is 1. The third kappa shape index (κ3) is 3.51. The van der Waals surface area contributed by atoms with Crippen molar-refractivity contribution in [1.82, 2.24) is 4.98 Å². The molecule has 5 heteroatoms. The van der Waals surface area contributed by atoms with Crippen molar-refractivity contribution in [2.24, 2.45) is 5.73 Å². The van der Waals surface area contributed by atoms with Gasteiger partial charge in [0.15, 0.2) is 0 Å². The Labute approximate surface area is 116 Å². The molecule has 0 saturated carbocycles. The molecule has 94 valence electrons. The zero-order valence-corrected chi connectivity index (χ0v) is 11.7. The normalized spacial score (nSPS) is 10.3. The highest BCUT2D eigenvalue weighted by atomic mass is 32.1. The average molecular weight is 278 g/mol. The summed E-state index contributed by atoms with van der Waals surface area (Å²) in [5.41, 5.74) is 7.43. The van der Waals surface area contributed by atoms with Crippen LogP contribution in [0.1, 0.15) is 16.3 Å². The quantitative estimate of drug-likeness (QED) is 0.854. The molecule has 2 N–H and O–H groups in total. The highest BCUT2D eigenvalue weighted by Gasteiger charge is 2.04. The number of thiocarbonyl (C=S) groups is 1. The van der Waals surface area contributed by atoms with E-state index in [4.69, 9.17) is 22.7 Å². The van der Waals surface area contributed by atoms with Crippen molar-refractivity contribution in [3.8, 4) is 5.75 Å². The summed E-state index contributed by atoms with van der Waals surface area (Å²) in [5, 5.41) is 2.87. The van der Waals surface area contributed by atoms with Crippen molar-refractivity contribution >= 4 is 28.5 Å². The molecule has 3 nitrogen and oxygen atoms in total.